The smallest absolute Gasteiger partial charge is 0.155 e. The van der Waals surface area contributed by atoms with Crippen LogP contribution in [0.1, 0.15) is 13.8 Å². The van der Waals surface area contributed by atoms with Crippen LogP contribution in [0.3, 0.4) is 0 Å². The summed E-state index contributed by atoms with van der Waals surface area (Å²) >= 11 is 0. The number of hydrogen-bond donors (Lipinski definition) is 1. The molecule has 0 aliphatic carbocycles. The Morgan fingerprint density at radius 1 is 1.60 bits per heavy atom. The van der Waals surface area contributed by atoms with E-state index in [0.717, 1.165) is 19.7 Å². The van der Waals surface area contributed by atoms with Crippen molar-refractivity contribution in [3.8, 4) is 0 Å². The van der Waals surface area contributed by atoms with Gasteiger partial charge in [0, 0.05) is 6.54 Å². The molecule has 1 saturated heterocycles. The molecule has 1 aliphatic heterocycles. The maximum absolute atomic E-state index is 5.38. The molecule has 3 nitrogen and oxygen atoms in total. The lowest BCUT2D eigenvalue weighted by atomic mass is 10.4. The van der Waals surface area contributed by atoms with Gasteiger partial charge in [-0.2, -0.15) is 0 Å². The van der Waals surface area contributed by atoms with Gasteiger partial charge in [-0.15, -0.1) is 0 Å². The van der Waals surface area contributed by atoms with Gasteiger partial charge in [-0.1, -0.05) is 6.92 Å². The predicted octanol–water partition coefficient (Wildman–Crippen LogP) is 0.357. The van der Waals surface area contributed by atoms with Crippen LogP contribution in [-0.4, -0.2) is 32.1 Å². The third-order valence-corrected chi connectivity index (χ3v) is 1.52. The molecule has 0 aromatic rings. The van der Waals surface area contributed by atoms with Crippen LogP contribution in [-0.2, 0) is 9.47 Å². The number of rotatable bonds is 3. The Morgan fingerprint density at radius 2 is 2.40 bits per heavy atom. The highest BCUT2D eigenvalue weighted by Crippen LogP contribution is 2.08. The first-order valence-corrected chi connectivity index (χ1v) is 3.80. The standard InChI is InChI=1S/C7H15NO2/c1-3-8-4-7-5-9-6(2)10-7/h6-8H,3-5H2,1-2H3. The lowest BCUT2D eigenvalue weighted by Crippen LogP contribution is -2.28. The molecule has 1 heterocycles. The average molecular weight is 145 g/mol. The lowest BCUT2D eigenvalue weighted by Gasteiger charge is -2.07. The molecule has 0 bridgehead atoms. The predicted molar refractivity (Wildman–Crippen MR) is 38.8 cm³/mol. The molecule has 1 N–H and O–H groups in total. The van der Waals surface area contributed by atoms with Crippen LogP contribution < -0.4 is 5.32 Å². The van der Waals surface area contributed by atoms with Gasteiger partial charge < -0.3 is 14.8 Å². The molecule has 10 heavy (non-hydrogen) atoms. The van der Waals surface area contributed by atoms with E-state index in [4.69, 9.17) is 9.47 Å². The Bertz CT molecular complexity index is 97.6. The van der Waals surface area contributed by atoms with Gasteiger partial charge in [0.1, 0.15) is 0 Å². The quantitative estimate of drug-likeness (QED) is 0.622. The number of ether oxygens (including phenoxy) is 2. The molecule has 0 spiro atoms. The summed E-state index contributed by atoms with van der Waals surface area (Å²) in [6.45, 7) is 6.63. The molecule has 0 aromatic heterocycles. The minimum absolute atomic E-state index is 0.0105. The van der Waals surface area contributed by atoms with E-state index in [0.29, 0.717) is 0 Å². The molecule has 0 radical (unpaired) electrons. The van der Waals surface area contributed by atoms with Gasteiger partial charge in [0.05, 0.1) is 12.7 Å². The summed E-state index contributed by atoms with van der Waals surface area (Å²) in [5, 5.41) is 3.21. The van der Waals surface area contributed by atoms with Gasteiger partial charge in [-0.3, -0.25) is 0 Å². The fraction of sp³-hybridized carbons (Fsp3) is 1.00. The van der Waals surface area contributed by atoms with Crippen LogP contribution in [0.15, 0.2) is 0 Å². The third-order valence-electron chi connectivity index (χ3n) is 1.52. The Hall–Kier alpha value is -0.120. The Balaban J connectivity index is 2.06. The van der Waals surface area contributed by atoms with Crippen molar-refractivity contribution >= 4 is 0 Å². The summed E-state index contributed by atoms with van der Waals surface area (Å²) < 4.78 is 10.6. The summed E-state index contributed by atoms with van der Waals surface area (Å²) in [5.41, 5.74) is 0. The topological polar surface area (TPSA) is 30.5 Å². The first-order valence-electron chi connectivity index (χ1n) is 3.80. The Labute approximate surface area is 61.7 Å². The van der Waals surface area contributed by atoms with Crippen molar-refractivity contribution in [1.82, 2.24) is 5.32 Å². The van der Waals surface area contributed by atoms with Gasteiger partial charge in [0.2, 0.25) is 0 Å². The highest BCUT2D eigenvalue weighted by Gasteiger charge is 2.21. The fourth-order valence-corrected chi connectivity index (χ4v) is 1.00. The van der Waals surface area contributed by atoms with Gasteiger partial charge in [-0.25, -0.2) is 0 Å². The van der Waals surface area contributed by atoms with E-state index in [1.807, 2.05) is 6.92 Å². The molecule has 1 fully saturated rings. The normalized spacial score (nSPS) is 33.0. The van der Waals surface area contributed by atoms with Gasteiger partial charge in [0.25, 0.3) is 0 Å². The molecular formula is C7H15NO2. The van der Waals surface area contributed by atoms with Crippen molar-refractivity contribution in [1.29, 1.82) is 0 Å². The highest BCUT2D eigenvalue weighted by atomic mass is 16.7. The lowest BCUT2D eigenvalue weighted by molar-refractivity contribution is -0.0415. The average Bonchev–Trinajstić information content (AvgIpc) is 2.31. The number of hydrogen-bond acceptors (Lipinski definition) is 3. The zero-order valence-corrected chi connectivity index (χ0v) is 6.59. The first-order chi connectivity index (χ1) is 4.83. The van der Waals surface area contributed by atoms with Crippen molar-refractivity contribution in [2.45, 2.75) is 26.2 Å². The van der Waals surface area contributed by atoms with E-state index >= 15 is 0 Å². The van der Waals surface area contributed by atoms with E-state index in [1.165, 1.54) is 0 Å². The first kappa shape index (κ1) is 7.98. The van der Waals surface area contributed by atoms with Crippen LogP contribution in [0.4, 0.5) is 0 Å². The highest BCUT2D eigenvalue weighted by molar-refractivity contribution is 4.65. The molecule has 2 unspecified atom stereocenters. The maximum Gasteiger partial charge on any atom is 0.155 e. The van der Waals surface area contributed by atoms with E-state index < -0.39 is 0 Å². The van der Waals surface area contributed by atoms with Gasteiger partial charge in [0.15, 0.2) is 6.29 Å². The van der Waals surface area contributed by atoms with Crippen molar-refractivity contribution in [2.24, 2.45) is 0 Å². The third kappa shape index (κ3) is 2.25. The molecule has 3 heteroatoms. The summed E-state index contributed by atoms with van der Waals surface area (Å²) in [6, 6.07) is 0. The molecule has 1 aliphatic rings. The summed E-state index contributed by atoms with van der Waals surface area (Å²) in [7, 11) is 0. The molecule has 0 aromatic carbocycles. The second-order valence-electron chi connectivity index (χ2n) is 2.47. The van der Waals surface area contributed by atoms with Crippen LogP contribution in [0.2, 0.25) is 0 Å². The van der Waals surface area contributed by atoms with E-state index in [9.17, 15) is 0 Å². The fourth-order valence-electron chi connectivity index (χ4n) is 1.00. The molecule has 0 amide bonds. The Kier molecular flexibility index (Phi) is 3.12. The van der Waals surface area contributed by atoms with Crippen LogP contribution in [0, 0.1) is 0 Å². The zero-order valence-electron chi connectivity index (χ0n) is 6.59. The van der Waals surface area contributed by atoms with Crippen LogP contribution in [0.5, 0.6) is 0 Å². The van der Waals surface area contributed by atoms with Crippen molar-refractivity contribution < 1.29 is 9.47 Å². The molecular weight excluding hydrogens is 130 g/mol. The minimum Gasteiger partial charge on any atom is -0.350 e. The largest absolute Gasteiger partial charge is 0.350 e. The zero-order chi connectivity index (χ0) is 7.40. The van der Waals surface area contributed by atoms with Crippen LogP contribution >= 0.6 is 0 Å². The summed E-state index contributed by atoms with van der Waals surface area (Å²) in [5.74, 6) is 0. The second-order valence-corrected chi connectivity index (χ2v) is 2.47. The van der Waals surface area contributed by atoms with Gasteiger partial charge in [-0.05, 0) is 13.5 Å². The van der Waals surface area contributed by atoms with E-state index in [-0.39, 0.29) is 12.4 Å². The van der Waals surface area contributed by atoms with Crippen molar-refractivity contribution in [3.05, 3.63) is 0 Å². The van der Waals surface area contributed by atoms with Crippen molar-refractivity contribution in [2.75, 3.05) is 19.7 Å². The van der Waals surface area contributed by atoms with E-state index in [1.54, 1.807) is 0 Å². The molecule has 1 rings (SSSR count). The summed E-state index contributed by atoms with van der Waals surface area (Å²) in [4.78, 5) is 0. The maximum atomic E-state index is 5.38. The Morgan fingerprint density at radius 3 is 2.90 bits per heavy atom. The monoisotopic (exact) mass is 145 g/mol. The minimum atomic E-state index is -0.0105. The number of nitrogens with one attached hydrogen (secondary N) is 1. The van der Waals surface area contributed by atoms with Crippen LogP contribution in [0.25, 0.3) is 0 Å². The van der Waals surface area contributed by atoms with Crippen molar-refractivity contribution in [3.63, 3.8) is 0 Å². The molecule has 2 atom stereocenters. The molecule has 0 saturated carbocycles. The number of likely N-dealkylation sites (N-methyl/N-ethyl adjacent to an activating group) is 1. The SMILES string of the molecule is CCNCC1COC(C)O1. The summed E-state index contributed by atoms with van der Waals surface area (Å²) in [6.07, 6.45) is 0.249. The molecule has 60 valence electrons. The van der Waals surface area contributed by atoms with Gasteiger partial charge >= 0.3 is 0 Å². The van der Waals surface area contributed by atoms with E-state index in [2.05, 4.69) is 12.2 Å². The second kappa shape index (κ2) is 3.91.